The minimum absolute atomic E-state index is 0.241. The maximum absolute atomic E-state index is 13.7. The summed E-state index contributed by atoms with van der Waals surface area (Å²) in [5.41, 5.74) is 0.868. The van der Waals surface area contributed by atoms with E-state index in [0.29, 0.717) is 16.7 Å². The summed E-state index contributed by atoms with van der Waals surface area (Å²) >= 11 is 3.14. The highest BCUT2D eigenvalue weighted by Gasteiger charge is 2.16. The Balaban J connectivity index is 2.73. The Kier molecular flexibility index (Phi) is 3.59. The molecule has 0 bridgehead atoms. The highest BCUT2D eigenvalue weighted by Crippen LogP contribution is 2.29. The topological polar surface area (TPSA) is 42.4 Å². The number of pyridine rings is 1. The van der Waals surface area contributed by atoms with Crippen molar-refractivity contribution in [1.29, 1.82) is 0 Å². The van der Waals surface area contributed by atoms with Gasteiger partial charge in [-0.1, -0.05) is 15.9 Å². The summed E-state index contributed by atoms with van der Waals surface area (Å²) in [5.74, 6) is 0.0885. The molecule has 1 N–H and O–H groups in total. The molecule has 5 heteroatoms. The van der Waals surface area contributed by atoms with Gasteiger partial charge >= 0.3 is 0 Å². The fourth-order valence-electron chi connectivity index (χ4n) is 1.71. The lowest BCUT2D eigenvalue weighted by atomic mass is 10.0. The van der Waals surface area contributed by atoms with Crippen LogP contribution in [0.15, 0.2) is 24.4 Å². The van der Waals surface area contributed by atoms with Crippen LogP contribution in [0.1, 0.15) is 11.7 Å². The van der Waals surface area contributed by atoms with Crippen molar-refractivity contribution in [3.8, 4) is 5.75 Å². The van der Waals surface area contributed by atoms with E-state index >= 15 is 0 Å². The van der Waals surface area contributed by atoms with Crippen molar-refractivity contribution in [2.75, 3.05) is 12.4 Å². The quantitative estimate of drug-likeness (QED) is 0.886. The van der Waals surface area contributed by atoms with E-state index in [0.717, 1.165) is 6.20 Å². The van der Waals surface area contributed by atoms with Gasteiger partial charge in [0.05, 0.1) is 24.9 Å². The number of hydrogen-bond acceptors (Lipinski definition) is 3. The summed E-state index contributed by atoms with van der Waals surface area (Å²) in [4.78, 5) is 3.98. The Morgan fingerprint density at radius 3 is 2.94 bits per heavy atom. The van der Waals surface area contributed by atoms with Crippen molar-refractivity contribution in [3.63, 3.8) is 0 Å². The molecule has 1 heterocycles. The van der Waals surface area contributed by atoms with Crippen LogP contribution in [0.4, 0.5) is 4.39 Å². The fourth-order valence-corrected chi connectivity index (χ4v) is 2.03. The van der Waals surface area contributed by atoms with Gasteiger partial charge in [0.2, 0.25) is 0 Å². The highest BCUT2D eigenvalue weighted by atomic mass is 79.9. The van der Waals surface area contributed by atoms with E-state index in [9.17, 15) is 9.50 Å². The van der Waals surface area contributed by atoms with Crippen LogP contribution >= 0.6 is 15.9 Å². The lowest BCUT2D eigenvalue weighted by Gasteiger charge is -2.12. The molecule has 3 nitrogen and oxygen atoms in total. The molecule has 0 unspecified atom stereocenters. The minimum Gasteiger partial charge on any atom is -0.497 e. The predicted octanol–water partition coefficient (Wildman–Crippen LogP) is 2.81. The van der Waals surface area contributed by atoms with Crippen molar-refractivity contribution >= 4 is 26.8 Å². The van der Waals surface area contributed by atoms with Gasteiger partial charge in [0.15, 0.2) is 0 Å². The largest absolute Gasteiger partial charge is 0.497 e. The molecule has 1 atom stereocenters. The number of hydrogen-bond donors (Lipinski definition) is 1. The summed E-state index contributed by atoms with van der Waals surface area (Å²) < 4.78 is 18.8. The lowest BCUT2D eigenvalue weighted by molar-refractivity contribution is 0.202. The van der Waals surface area contributed by atoms with Gasteiger partial charge in [-0.05, 0) is 18.2 Å². The number of rotatable bonds is 3. The van der Waals surface area contributed by atoms with Gasteiger partial charge in [0, 0.05) is 16.3 Å². The molecule has 0 fully saturated rings. The van der Waals surface area contributed by atoms with E-state index in [1.54, 1.807) is 18.2 Å². The molecule has 0 saturated carbocycles. The van der Waals surface area contributed by atoms with Gasteiger partial charge in [-0.3, -0.25) is 4.98 Å². The molecular weight excluding hydrogens is 289 g/mol. The number of aliphatic hydroxyl groups excluding tert-OH is 1. The van der Waals surface area contributed by atoms with Gasteiger partial charge < -0.3 is 9.84 Å². The summed E-state index contributed by atoms with van der Waals surface area (Å²) in [5, 5.41) is 10.6. The van der Waals surface area contributed by atoms with Gasteiger partial charge in [-0.2, -0.15) is 0 Å². The van der Waals surface area contributed by atoms with E-state index in [2.05, 4.69) is 20.9 Å². The summed E-state index contributed by atoms with van der Waals surface area (Å²) in [6.07, 6.45) is 0.211. The Labute approximate surface area is 106 Å². The zero-order chi connectivity index (χ0) is 12.4. The Hall–Kier alpha value is -1.20. The summed E-state index contributed by atoms with van der Waals surface area (Å²) in [6, 6.07) is 5.15. The molecule has 0 aliphatic carbocycles. The molecule has 0 amide bonds. The van der Waals surface area contributed by atoms with Crippen LogP contribution in [0.25, 0.3) is 10.9 Å². The maximum Gasteiger partial charge on any atom is 0.147 e. The first kappa shape index (κ1) is 12.3. The molecule has 17 heavy (non-hydrogen) atoms. The van der Waals surface area contributed by atoms with Crippen LogP contribution in [0.3, 0.4) is 0 Å². The third-order valence-corrected chi connectivity index (χ3v) is 3.16. The number of halogens is 2. The number of benzene rings is 1. The number of fused-ring (bicyclic) bond motifs is 1. The van der Waals surface area contributed by atoms with Gasteiger partial charge in [-0.25, -0.2) is 4.39 Å². The number of aliphatic hydroxyl groups is 1. The summed E-state index contributed by atoms with van der Waals surface area (Å²) in [6.45, 7) is 0. The van der Waals surface area contributed by atoms with E-state index < -0.39 is 11.9 Å². The molecule has 90 valence electrons. The number of aromatic nitrogens is 1. The molecule has 0 spiro atoms. The van der Waals surface area contributed by atoms with Crippen LogP contribution in [0.2, 0.25) is 0 Å². The van der Waals surface area contributed by atoms with Crippen molar-refractivity contribution in [3.05, 3.63) is 35.8 Å². The van der Waals surface area contributed by atoms with Crippen molar-refractivity contribution < 1.29 is 14.2 Å². The molecule has 0 radical (unpaired) electrons. The Morgan fingerprint density at radius 2 is 2.29 bits per heavy atom. The van der Waals surface area contributed by atoms with E-state index in [1.165, 1.54) is 7.11 Å². The van der Waals surface area contributed by atoms with Crippen molar-refractivity contribution in [1.82, 2.24) is 4.98 Å². The Bertz CT molecular complexity index is 547. The minimum atomic E-state index is -0.910. The SMILES string of the molecule is COc1ccc2ncc(F)c([C@H](O)CBr)c2c1. The van der Waals surface area contributed by atoms with Crippen LogP contribution in [0, 0.1) is 5.82 Å². The van der Waals surface area contributed by atoms with Gasteiger partial charge in [0.25, 0.3) is 0 Å². The second kappa shape index (κ2) is 4.98. The molecule has 0 aliphatic rings. The monoisotopic (exact) mass is 299 g/mol. The molecular formula is C12H11BrFNO2. The van der Waals surface area contributed by atoms with Crippen LogP contribution in [0.5, 0.6) is 5.75 Å². The third kappa shape index (κ3) is 2.25. The van der Waals surface area contributed by atoms with Crippen LogP contribution in [-0.2, 0) is 0 Å². The Morgan fingerprint density at radius 1 is 1.53 bits per heavy atom. The first-order chi connectivity index (χ1) is 8.17. The fraction of sp³-hybridized carbons (Fsp3) is 0.250. The zero-order valence-electron chi connectivity index (χ0n) is 9.15. The average Bonchev–Trinajstić information content (AvgIpc) is 2.37. The van der Waals surface area contributed by atoms with Crippen LogP contribution in [-0.4, -0.2) is 22.5 Å². The second-order valence-electron chi connectivity index (χ2n) is 3.57. The number of ether oxygens (including phenoxy) is 1. The summed E-state index contributed by atoms with van der Waals surface area (Å²) in [7, 11) is 1.54. The van der Waals surface area contributed by atoms with Gasteiger partial charge in [-0.15, -0.1) is 0 Å². The molecule has 2 rings (SSSR count). The standard InChI is InChI=1S/C12H11BrFNO2/c1-17-7-2-3-10-8(4-7)12(11(16)5-13)9(14)6-15-10/h2-4,6,11,16H,5H2,1H3/t11-/m1/s1. The first-order valence-corrected chi connectivity index (χ1v) is 6.15. The second-order valence-corrected chi connectivity index (χ2v) is 4.22. The highest BCUT2D eigenvalue weighted by molar-refractivity contribution is 9.09. The molecule has 0 saturated heterocycles. The van der Waals surface area contributed by atoms with Crippen molar-refractivity contribution in [2.24, 2.45) is 0 Å². The molecule has 0 aliphatic heterocycles. The molecule has 1 aromatic carbocycles. The van der Waals surface area contributed by atoms with E-state index in [-0.39, 0.29) is 10.9 Å². The number of methoxy groups -OCH3 is 1. The van der Waals surface area contributed by atoms with E-state index in [1.807, 2.05) is 0 Å². The normalized spacial score (nSPS) is 12.7. The van der Waals surface area contributed by atoms with Crippen LogP contribution < -0.4 is 4.74 Å². The molecule has 2 aromatic rings. The average molecular weight is 300 g/mol. The van der Waals surface area contributed by atoms with Crippen molar-refractivity contribution in [2.45, 2.75) is 6.10 Å². The van der Waals surface area contributed by atoms with Gasteiger partial charge in [0.1, 0.15) is 11.6 Å². The zero-order valence-corrected chi connectivity index (χ0v) is 10.7. The predicted molar refractivity (Wildman–Crippen MR) is 67.0 cm³/mol. The van der Waals surface area contributed by atoms with E-state index in [4.69, 9.17) is 4.74 Å². The molecule has 1 aromatic heterocycles. The first-order valence-electron chi connectivity index (χ1n) is 5.03. The maximum atomic E-state index is 13.7. The smallest absolute Gasteiger partial charge is 0.147 e. The lowest BCUT2D eigenvalue weighted by Crippen LogP contribution is -2.04. The number of nitrogens with zero attached hydrogens (tertiary/aromatic N) is 1. The third-order valence-electron chi connectivity index (χ3n) is 2.55. The number of alkyl halides is 1.